The maximum absolute atomic E-state index is 11.7. The van der Waals surface area contributed by atoms with Gasteiger partial charge in [0.15, 0.2) is 11.4 Å². The van der Waals surface area contributed by atoms with Crippen molar-refractivity contribution in [1.29, 1.82) is 0 Å². The first kappa shape index (κ1) is 18.0. The van der Waals surface area contributed by atoms with Crippen LogP contribution in [-0.2, 0) is 0 Å². The summed E-state index contributed by atoms with van der Waals surface area (Å²) in [6.45, 7) is 0. The summed E-state index contributed by atoms with van der Waals surface area (Å²) in [6.07, 6.45) is -0.422. The Kier molecular flexibility index (Phi) is 6.58. The van der Waals surface area contributed by atoms with Gasteiger partial charge < -0.3 is 38.4 Å². The second-order valence-electron chi connectivity index (χ2n) is 5.08. The van der Waals surface area contributed by atoms with E-state index >= 15 is 0 Å². The van der Waals surface area contributed by atoms with Gasteiger partial charge in [-0.2, -0.15) is 0 Å². The van der Waals surface area contributed by atoms with Gasteiger partial charge in [0.05, 0.1) is 28.3 Å². The number of hydrogen-bond donors (Lipinski definition) is 0. The molecule has 1 amide bonds. The Labute approximate surface area is 131 Å². The highest BCUT2D eigenvalue weighted by Gasteiger charge is 2.25. The molecule has 0 radical (unpaired) electrons. The molecule has 0 bridgehead atoms. The summed E-state index contributed by atoms with van der Waals surface area (Å²) >= 11 is 0. The van der Waals surface area contributed by atoms with Gasteiger partial charge in [-0.1, -0.05) is 6.07 Å². The lowest BCUT2D eigenvalue weighted by Crippen LogP contribution is -3.00. The molecule has 19 heavy (non-hydrogen) atoms. The average molecular weight is 380 g/mol. The Morgan fingerprint density at radius 3 is 2.21 bits per heavy atom. The molecule has 1 rings (SSSR count). The van der Waals surface area contributed by atoms with Crippen LogP contribution < -0.4 is 37.9 Å². The van der Waals surface area contributed by atoms with Crippen LogP contribution in [0.15, 0.2) is 18.2 Å². The van der Waals surface area contributed by atoms with Crippen molar-refractivity contribution in [2.75, 3.05) is 42.3 Å². The fourth-order valence-corrected chi connectivity index (χ4v) is 1.47. The van der Waals surface area contributed by atoms with Crippen LogP contribution in [0.2, 0.25) is 0 Å². The number of benzene rings is 1. The van der Waals surface area contributed by atoms with Crippen LogP contribution >= 0.6 is 0 Å². The van der Waals surface area contributed by atoms with Crippen molar-refractivity contribution < 1.29 is 38.2 Å². The topological polar surface area (TPSA) is 38.8 Å². The second kappa shape index (κ2) is 6.95. The van der Waals surface area contributed by atoms with Crippen LogP contribution in [0.3, 0.4) is 0 Å². The van der Waals surface area contributed by atoms with Gasteiger partial charge in [-0.25, -0.2) is 4.79 Å². The van der Waals surface area contributed by atoms with Crippen LogP contribution in [0.5, 0.6) is 11.5 Å². The molecular weight excluding hydrogens is 359 g/mol. The van der Waals surface area contributed by atoms with Gasteiger partial charge in [0.2, 0.25) is 5.75 Å². The van der Waals surface area contributed by atoms with Gasteiger partial charge in [-0.3, -0.25) is 4.48 Å². The number of para-hydroxylation sites is 1. The number of carbonyl (C=O) groups excluding carboxylic acids is 1. The maximum Gasteiger partial charge on any atom is 0.415 e. The van der Waals surface area contributed by atoms with E-state index in [2.05, 4.69) is 0 Å². The van der Waals surface area contributed by atoms with E-state index in [0.717, 1.165) is 5.69 Å². The van der Waals surface area contributed by atoms with Gasteiger partial charge in [-0.05, 0) is 6.07 Å². The number of ether oxygens (including phenoxy) is 2. The molecule has 6 heteroatoms. The lowest BCUT2D eigenvalue weighted by Gasteiger charge is -2.26. The molecule has 5 nitrogen and oxygen atoms in total. The molecule has 108 valence electrons. The van der Waals surface area contributed by atoms with E-state index in [9.17, 15) is 4.79 Å². The van der Waals surface area contributed by atoms with E-state index in [1.807, 2.05) is 33.3 Å². The molecule has 0 saturated carbocycles. The van der Waals surface area contributed by atoms with Gasteiger partial charge in [0, 0.05) is 20.2 Å². The third-order valence-corrected chi connectivity index (χ3v) is 2.46. The van der Waals surface area contributed by atoms with E-state index in [4.69, 9.17) is 9.47 Å². The number of carbonyl (C=O) groups is 1. The number of nitrogens with zero attached hydrogens (tertiary/aromatic N) is 2. The van der Waals surface area contributed by atoms with E-state index < -0.39 is 6.09 Å². The normalized spacial score (nSPS) is 10.4. The Bertz CT molecular complexity index is 442. The van der Waals surface area contributed by atoms with Gasteiger partial charge in [0.1, 0.15) is 0 Å². The number of hydrogen-bond acceptors (Lipinski definition) is 3. The number of halogens is 1. The molecule has 0 aliphatic rings. The van der Waals surface area contributed by atoms with E-state index in [1.54, 1.807) is 27.3 Å². The standard InChI is InChI=1S/C13H21N2O3.HI/c1-14(2)13(16)18-12-10(15(3,4)5)8-7-9-11(12)17-6;/h7-9H,1-6H3;1H/q+1;/p-1. The monoisotopic (exact) mass is 380 g/mol. The molecule has 0 atom stereocenters. The zero-order chi connectivity index (χ0) is 13.9. The summed E-state index contributed by atoms with van der Waals surface area (Å²) in [5.74, 6) is 1.02. The first-order chi connectivity index (χ1) is 8.27. The zero-order valence-electron chi connectivity index (χ0n) is 12.2. The lowest BCUT2D eigenvalue weighted by molar-refractivity contribution is -0.00000928. The third-order valence-electron chi connectivity index (χ3n) is 2.46. The first-order valence-corrected chi connectivity index (χ1v) is 5.65. The van der Waals surface area contributed by atoms with Crippen molar-refractivity contribution in [2.45, 2.75) is 0 Å². The Morgan fingerprint density at radius 1 is 1.21 bits per heavy atom. The molecule has 0 saturated heterocycles. The van der Waals surface area contributed by atoms with Crippen molar-refractivity contribution in [3.63, 3.8) is 0 Å². The molecule has 0 aromatic heterocycles. The summed E-state index contributed by atoms with van der Waals surface area (Å²) in [5, 5.41) is 0. The summed E-state index contributed by atoms with van der Waals surface area (Å²) in [6, 6.07) is 5.57. The minimum absolute atomic E-state index is 0. The smallest absolute Gasteiger partial charge is 0.415 e. The number of quaternary nitrogens is 1. The van der Waals surface area contributed by atoms with Crippen molar-refractivity contribution in [3.8, 4) is 11.5 Å². The number of methoxy groups -OCH3 is 1. The SMILES string of the molecule is COc1cccc([N+](C)(C)C)c1OC(=O)N(C)C.[I-]. The Balaban J connectivity index is 0.00000324. The summed E-state index contributed by atoms with van der Waals surface area (Å²) in [5.41, 5.74) is 0.879. The molecule has 1 aromatic rings. The Morgan fingerprint density at radius 2 is 1.79 bits per heavy atom. The van der Waals surface area contributed by atoms with Crippen molar-refractivity contribution in [2.24, 2.45) is 0 Å². The van der Waals surface area contributed by atoms with Crippen LogP contribution in [0.4, 0.5) is 10.5 Å². The predicted molar refractivity (Wildman–Crippen MR) is 72.3 cm³/mol. The number of rotatable bonds is 3. The maximum atomic E-state index is 11.7. The molecule has 0 fully saturated rings. The molecule has 0 heterocycles. The zero-order valence-corrected chi connectivity index (χ0v) is 14.4. The molecule has 0 spiro atoms. The second-order valence-corrected chi connectivity index (χ2v) is 5.08. The van der Waals surface area contributed by atoms with Crippen LogP contribution in [0, 0.1) is 0 Å². The van der Waals surface area contributed by atoms with Crippen LogP contribution in [-0.4, -0.2) is 53.3 Å². The molecule has 0 aliphatic heterocycles. The van der Waals surface area contributed by atoms with Gasteiger partial charge in [-0.15, -0.1) is 0 Å². The minimum atomic E-state index is -0.422. The van der Waals surface area contributed by atoms with Crippen LogP contribution in [0.25, 0.3) is 0 Å². The summed E-state index contributed by atoms with van der Waals surface area (Å²) < 4.78 is 11.2. The van der Waals surface area contributed by atoms with Crippen molar-refractivity contribution >= 4 is 11.8 Å². The van der Waals surface area contributed by atoms with Gasteiger partial charge in [0.25, 0.3) is 0 Å². The average Bonchev–Trinajstić information content (AvgIpc) is 2.27. The number of amides is 1. The van der Waals surface area contributed by atoms with Crippen molar-refractivity contribution in [3.05, 3.63) is 18.2 Å². The van der Waals surface area contributed by atoms with Crippen LogP contribution in [0.1, 0.15) is 0 Å². The highest BCUT2D eigenvalue weighted by molar-refractivity contribution is 5.75. The summed E-state index contributed by atoms with van der Waals surface area (Å²) in [4.78, 5) is 13.1. The minimum Gasteiger partial charge on any atom is -1.00 e. The Hall–Kier alpha value is -1.02. The van der Waals surface area contributed by atoms with Crippen molar-refractivity contribution in [1.82, 2.24) is 9.38 Å². The molecule has 0 aliphatic carbocycles. The first-order valence-electron chi connectivity index (χ1n) is 5.65. The molecule has 1 aromatic carbocycles. The largest absolute Gasteiger partial charge is 1.00 e. The van der Waals surface area contributed by atoms with Gasteiger partial charge >= 0.3 is 6.09 Å². The molecular formula is C13H21IN2O3. The fraction of sp³-hybridized carbons (Fsp3) is 0.462. The summed E-state index contributed by atoms with van der Waals surface area (Å²) in [7, 11) is 10.8. The highest BCUT2D eigenvalue weighted by atomic mass is 127. The lowest BCUT2D eigenvalue weighted by atomic mass is 10.2. The quantitative estimate of drug-likeness (QED) is 0.497. The van der Waals surface area contributed by atoms with E-state index in [-0.39, 0.29) is 24.0 Å². The molecule has 0 unspecified atom stereocenters. The molecule has 0 N–H and O–H groups in total. The van der Waals surface area contributed by atoms with E-state index in [0.29, 0.717) is 16.0 Å². The highest BCUT2D eigenvalue weighted by Crippen LogP contribution is 2.39. The predicted octanol–water partition coefficient (Wildman–Crippen LogP) is -1.04. The fourth-order valence-electron chi connectivity index (χ4n) is 1.47. The van der Waals surface area contributed by atoms with E-state index in [1.165, 1.54) is 4.90 Å². The third kappa shape index (κ3) is 4.54.